The third-order valence-corrected chi connectivity index (χ3v) is 4.50. The Hall–Kier alpha value is -1.39. The third-order valence-electron chi connectivity index (χ3n) is 4.50. The number of ether oxygens (including phenoxy) is 2. The Labute approximate surface area is 152 Å². The first kappa shape index (κ1) is 23.6. The number of carbonyl (C=O) groups excluding carboxylic acids is 3. The summed E-state index contributed by atoms with van der Waals surface area (Å²) in [5.41, 5.74) is 0. The van der Waals surface area contributed by atoms with E-state index < -0.39 is 17.9 Å². The largest absolute Gasteiger partial charge is 0.469 e. The molecule has 0 aliphatic rings. The van der Waals surface area contributed by atoms with E-state index in [1.807, 2.05) is 0 Å². The van der Waals surface area contributed by atoms with Gasteiger partial charge < -0.3 is 9.47 Å². The first-order valence-corrected chi connectivity index (χ1v) is 9.74. The van der Waals surface area contributed by atoms with Crippen LogP contribution in [0, 0.1) is 5.92 Å². The zero-order valence-corrected chi connectivity index (χ0v) is 16.3. The van der Waals surface area contributed by atoms with E-state index in [2.05, 4.69) is 16.4 Å². The summed E-state index contributed by atoms with van der Waals surface area (Å²) in [5, 5.41) is 0. The van der Waals surface area contributed by atoms with E-state index in [1.165, 1.54) is 65.6 Å². The molecule has 0 aromatic heterocycles. The molecule has 0 heterocycles. The number of esters is 2. The molecule has 0 fully saturated rings. The minimum atomic E-state index is -1.03. The van der Waals surface area contributed by atoms with Crippen molar-refractivity contribution in [3.05, 3.63) is 0 Å². The third kappa shape index (κ3) is 12.6. The zero-order chi connectivity index (χ0) is 18.9. The predicted molar refractivity (Wildman–Crippen MR) is 98.2 cm³/mol. The normalized spacial score (nSPS) is 11.8. The predicted octanol–water partition coefficient (Wildman–Crippen LogP) is 4.61. The van der Waals surface area contributed by atoms with Crippen molar-refractivity contribution in [3.63, 3.8) is 0 Å². The highest BCUT2D eigenvalue weighted by molar-refractivity contribution is 6.01. The van der Waals surface area contributed by atoms with Gasteiger partial charge in [-0.05, 0) is 6.42 Å². The molecule has 1 atom stereocenters. The first-order chi connectivity index (χ1) is 12.1. The molecule has 0 amide bonds. The Bertz CT molecular complexity index is 378. The molecule has 0 aromatic carbocycles. The van der Waals surface area contributed by atoms with E-state index in [0.717, 1.165) is 19.3 Å². The Morgan fingerprint density at radius 3 is 1.64 bits per heavy atom. The average molecular weight is 357 g/mol. The lowest BCUT2D eigenvalue weighted by atomic mass is 9.95. The lowest BCUT2D eigenvalue weighted by molar-refractivity contribution is -0.155. The summed E-state index contributed by atoms with van der Waals surface area (Å²) in [5.74, 6) is -2.48. The van der Waals surface area contributed by atoms with Crippen LogP contribution in [0.2, 0.25) is 0 Å². The van der Waals surface area contributed by atoms with Gasteiger partial charge in [0.25, 0.3) is 0 Å². The van der Waals surface area contributed by atoms with Crippen LogP contribution >= 0.6 is 0 Å². The summed E-state index contributed by atoms with van der Waals surface area (Å²) in [6.45, 7) is 2.23. The summed E-state index contributed by atoms with van der Waals surface area (Å²) >= 11 is 0. The molecule has 0 bridgehead atoms. The molecule has 0 aliphatic heterocycles. The van der Waals surface area contributed by atoms with Crippen LogP contribution in [0.3, 0.4) is 0 Å². The second-order valence-corrected chi connectivity index (χ2v) is 6.61. The molecule has 0 N–H and O–H groups in total. The van der Waals surface area contributed by atoms with E-state index in [4.69, 9.17) is 0 Å². The molecule has 146 valence electrons. The molecular weight excluding hydrogens is 320 g/mol. The highest BCUT2D eigenvalue weighted by Gasteiger charge is 2.29. The zero-order valence-electron chi connectivity index (χ0n) is 16.3. The summed E-state index contributed by atoms with van der Waals surface area (Å²) in [4.78, 5) is 35.1. The maximum atomic E-state index is 12.1. The standard InChI is InChI=1S/C20H36O5/c1-4-5-6-7-8-9-10-11-12-13-14-15-18(21)17(20(23)25-3)16-19(22)24-2/h17H,4-16H2,1-3H3/t17-/m1/s1. The molecular formula is C20H36O5. The van der Waals surface area contributed by atoms with Gasteiger partial charge in [-0.2, -0.15) is 0 Å². The topological polar surface area (TPSA) is 69.7 Å². The maximum Gasteiger partial charge on any atom is 0.316 e. The van der Waals surface area contributed by atoms with Gasteiger partial charge in [-0.25, -0.2) is 0 Å². The lowest BCUT2D eigenvalue weighted by Gasteiger charge is -2.12. The van der Waals surface area contributed by atoms with Crippen molar-refractivity contribution in [2.24, 2.45) is 5.92 Å². The number of Topliss-reactive ketones (excluding diaryl/α,β-unsaturated/α-hetero) is 1. The Morgan fingerprint density at radius 2 is 1.20 bits per heavy atom. The van der Waals surface area contributed by atoms with E-state index in [0.29, 0.717) is 6.42 Å². The summed E-state index contributed by atoms with van der Waals surface area (Å²) in [7, 11) is 2.47. The number of carbonyl (C=O) groups is 3. The van der Waals surface area contributed by atoms with Gasteiger partial charge in [-0.1, -0.05) is 71.1 Å². The van der Waals surface area contributed by atoms with Gasteiger partial charge in [0.05, 0.1) is 20.6 Å². The minimum absolute atomic E-state index is 0.229. The van der Waals surface area contributed by atoms with Crippen molar-refractivity contribution in [1.82, 2.24) is 0 Å². The Kier molecular flexibility index (Phi) is 15.2. The summed E-state index contributed by atoms with van der Waals surface area (Å²) in [6.07, 6.45) is 13.3. The van der Waals surface area contributed by atoms with Gasteiger partial charge in [0, 0.05) is 6.42 Å². The van der Waals surface area contributed by atoms with E-state index >= 15 is 0 Å². The number of hydrogen-bond acceptors (Lipinski definition) is 5. The number of unbranched alkanes of at least 4 members (excludes halogenated alkanes) is 10. The summed E-state index contributed by atoms with van der Waals surface area (Å²) < 4.78 is 9.16. The van der Waals surface area contributed by atoms with Crippen molar-refractivity contribution in [3.8, 4) is 0 Å². The molecule has 0 radical (unpaired) electrons. The molecule has 0 rings (SSSR count). The van der Waals surface area contributed by atoms with Crippen LogP contribution in [0.15, 0.2) is 0 Å². The van der Waals surface area contributed by atoms with E-state index in [-0.39, 0.29) is 12.2 Å². The van der Waals surface area contributed by atoms with Crippen molar-refractivity contribution in [2.75, 3.05) is 14.2 Å². The van der Waals surface area contributed by atoms with Crippen molar-refractivity contribution in [2.45, 2.75) is 90.4 Å². The van der Waals surface area contributed by atoms with Gasteiger partial charge in [0.1, 0.15) is 11.7 Å². The van der Waals surface area contributed by atoms with Gasteiger partial charge >= 0.3 is 11.9 Å². The maximum absolute atomic E-state index is 12.1. The summed E-state index contributed by atoms with van der Waals surface area (Å²) in [6, 6.07) is 0. The molecule has 5 nitrogen and oxygen atoms in total. The van der Waals surface area contributed by atoms with E-state index in [9.17, 15) is 14.4 Å². The van der Waals surface area contributed by atoms with Crippen LogP contribution in [0.1, 0.15) is 90.4 Å². The highest BCUT2D eigenvalue weighted by Crippen LogP contribution is 2.15. The number of ketones is 1. The smallest absolute Gasteiger partial charge is 0.316 e. The monoisotopic (exact) mass is 356 g/mol. The highest BCUT2D eigenvalue weighted by atomic mass is 16.5. The number of hydrogen-bond donors (Lipinski definition) is 0. The lowest BCUT2D eigenvalue weighted by Crippen LogP contribution is -2.28. The van der Waals surface area contributed by atoms with Gasteiger partial charge in [0.2, 0.25) is 0 Å². The molecule has 0 spiro atoms. The molecule has 0 aliphatic carbocycles. The fourth-order valence-electron chi connectivity index (χ4n) is 2.86. The van der Waals surface area contributed by atoms with Crippen molar-refractivity contribution in [1.29, 1.82) is 0 Å². The minimum Gasteiger partial charge on any atom is -0.469 e. The second-order valence-electron chi connectivity index (χ2n) is 6.61. The van der Waals surface area contributed by atoms with Crippen molar-refractivity contribution >= 4 is 17.7 Å². The molecule has 25 heavy (non-hydrogen) atoms. The fraction of sp³-hybridized carbons (Fsp3) is 0.850. The second kappa shape index (κ2) is 16.1. The first-order valence-electron chi connectivity index (χ1n) is 9.74. The quantitative estimate of drug-likeness (QED) is 0.229. The Morgan fingerprint density at radius 1 is 0.720 bits per heavy atom. The van der Waals surface area contributed by atoms with Crippen LogP contribution in [0.4, 0.5) is 0 Å². The Balaban J connectivity index is 3.78. The van der Waals surface area contributed by atoms with Crippen LogP contribution in [-0.4, -0.2) is 31.9 Å². The SMILES string of the molecule is CCCCCCCCCCCCCC(=O)[C@@H](CC(=O)OC)C(=O)OC. The van der Waals surface area contributed by atoms with E-state index in [1.54, 1.807) is 0 Å². The number of methoxy groups -OCH3 is 2. The average Bonchev–Trinajstić information content (AvgIpc) is 2.62. The van der Waals surface area contributed by atoms with Crippen molar-refractivity contribution < 1.29 is 23.9 Å². The molecule has 5 heteroatoms. The molecule has 0 aromatic rings. The van der Waals surface area contributed by atoms with Crippen LogP contribution < -0.4 is 0 Å². The van der Waals surface area contributed by atoms with Crippen LogP contribution in [0.25, 0.3) is 0 Å². The number of rotatable bonds is 16. The van der Waals surface area contributed by atoms with Crippen LogP contribution in [-0.2, 0) is 23.9 Å². The van der Waals surface area contributed by atoms with Gasteiger partial charge in [-0.3, -0.25) is 14.4 Å². The van der Waals surface area contributed by atoms with Crippen LogP contribution in [0.5, 0.6) is 0 Å². The van der Waals surface area contributed by atoms with Gasteiger partial charge in [0.15, 0.2) is 0 Å². The molecule has 0 unspecified atom stereocenters. The molecule has 0 saturated heterocycles. The van der Waals surface area contributed by atoms with Gasteiger partial charge in [-0.15, -0.1) is 0 Å². The fourth-order valence-corrected chi connectivity index (χ4v) is 2.86. The molecule has 0 saturated carbocycles.